The minimum absolute atomic E-state index is 0.321. The molecule has 2 atom stereocenters. The topological polar surface area (TPSA) is 81.8 Å². The number of amides is 1. The Kier molecular flexibility index (Phi) is 2.20. The van der Waals surface area contributed by atoms with Crippen molar-refractivity contribution >= 4 is 22.9 Å². The molecule has 1 amide bonds. The van der Waals surface area contributed by atoms with Crippen molar-refractivity contribution in [3.8, 4) is 0 Å². The van der Waals surface area contributed by atoms with E-state index in [1.165, 1.54) is 10.3 Å². The third-order valence-corrected chi connectivity index (χ3v) is 3.98. The molecule has 0 saturated carbocycles. The molecule has 0 spiro atoms. The molecule has 2 heterocycles. The third kappa shape index (κ3) is 1.45. The molecule has 86 valence electrons. The van der Waals surface area contributed by atoms with Gasteiger partial charge in [0, 0.05) is 16.7 Å². The zero-order chi connectivity index (χ0) is 12.0. The van der Waals surface area contributed by atoms with E-state index in [9.17, 15) is 9.35 Å². The van der Waals surface area contributed by atoms with Crippen LogP contribution in [0.5, 0.6) is 0 Å². The summed E-state index contributed by atoms with van der Waals surface area (Å²) >= 11 is -1.41. The van der Waals surface area contributed by atoms with Crippen molar-refractivity contribution in [2.75, 3.05) is 0 Å². The smallest absolute Gasteiger partial charge is 0.323 e. The summed E-state index contributed by atoms with van der Waals surface area (Å²) < 4.78 is 11.7. The Morgan fingerprint density at radius 1 is 1.35 bits per heavy atom. The Labute approximate surface area is 101 Å². The van der Waals surface area contributed by atoms with E-state index in [4.69, 9.17) is 5.73 Å². The molecule has 2 N–H and O–H groups in total. The first-order valence-corrected chi connectivity index (χ1v) is 6.30. The standard InChI is InChI=1S/C11H9N3O2S/c12-8-6-17(16)11-10(15)13-9(14(8)11)7-4-2-1-3-5-7/h1-6,11H,12H2. The van der Waals surface area contributed by atoms with Crippen LogP contribution in [0.25, 0.3) is 0 Å². The predicted octanol–water partition coefficient (Wildman–Crippen LogP) is 0.121. The van der Waals surface area contributed by atoms with Crippen LogP contribution in [-0.2, 0) is 16.0 Å². The fourth-order valence-corrected chi connectivity index (χ4v) is 3.09. The molecule has 0 fully saturated rings. The Hall–Kier alpha value is -1.79. The van der Waals surface area contributed by atoms with Crippen LogP contribution in [0.15, 0.2) is 46.6 Å². The largest absolute Gasteiger partial charge is 0.610 e. The zero-order valence-electron chi connectivity index (χ0n) is 8.74. The van der Waals surface area contributed by atoms with Crippen molar-refractivity contribution in [1.29, 1.82) is 0 Å². The predicted molar refractivity (Wildman–Crippen MR) is 64.0 cm³/mol. The van der Waals surface area contributed by atoms with Gasteiger partial charge in [-0.3, -0.25) is 9.69 Å². The molecular weight excluding hydrogens is 238 g/mol. The van der Waals surface area contributed by atoms with Gasteiger partial charge in [-0.2, -0.15) is 4.99 Å². The Balaban J connectivity index is 2.06. The van der Waals surface area contributed by atoms with Crippen LogP contribution in [0.3, 0.4) is 0 Å². The van der Waals surface area contributed by atoms with Gasteiger partial charge < -0.3 is 10.3 Å². The maximum Gasteiger partial charge on any atom is 0.323 e. The lowest BCUT2D eigenvalue weighted by molar-refractivity contribution is -0.117. The zero-order valence-corrected chi connectivity index (χ0v) is 9.55. The maximum absolute atomic E-state index is 11.7. The van der Waals surface area contributed by atoms with Crippen molar-refractivity contribution in [3.63, 3.8) is 0 Å². The van der Waals surface area contributed by atoms with E-state index in [0.717, 1.165) is 5.56 Å². The molecule has 0 bridgehead atoms. The summed E-state index contributed by atoms with van der Waals surface area (Å²) in [7, 11) is 0. The molecule has 1 aromatic carbocycles. The van der Waals surface area contributed by atoms with E-state index < -0.39 is 22.5 Å². The summed E-state index contributed by atoms with van der Waals surface area (Å²) in [5, 5.41) is 0.616. The van der Waals surface area contributed by atoms with E-state index in [-0.39, 0.29) is 0 Å². The third-order valence-electron chi connectivity index (χ3n) is 2.66. The maximum atomic E-state index is 11.7. The normalized spacial score (nSPS) is 26.9. The van der Waals surface area contributed by atoms with E-state index in [1.54, 1.807) is 0 Å². The molecule has 3 rings (SSSR count). The van der Waals surface area contributed by atoms with Crippen LogP contribution in [0.1, 0.15) is 5.56 Å². The van der Waals surface area contributed by atoms with Gasteiger partial charge in [-0.1, -0.05) is 30.3 Å². The average molecular weight is 247 g/mol. The van der Waals surface area contributed by atoms with Gasteiger partial charge >= 0.3 is 5.91 Å². The lowest BCUT2D eigenvalue weighted by Crippen LogP contribution is -2.39. The second kappa shape index (κ2) is 3.61. The number of fused-ring (bicyclic) bond motifs is 1. The molecule has 2 aliphatic rings. The van der Waals surface area contributed by atoms with Crippen LogP contribution in [-0.4, -0.2) is 26.6 Å². The summed E-state index contributed by atoms with van der Waals surface area (Å²) in [6, 6.07) is 9.25. The van der Waals surface area contributed by atoms with Crippen molar-refractivity contribution in [2.45, 2.75) is 5.37 Å². The number of carbonyl (C=O) groups excluding carboxylic acids is 1. The monoisotopic (exact) mass is 247 g/mol. The first-order valence-electron chi connectivity index (χ1n) is 5.02. The fraction of sp³-hybridized carbons (Fsp3) is 0.0909. The van der Waals surface area contributed by atoms with Crippen molar-refractivity contribution < 1.29 is 9.35 Å². The van der Waals surface area contributed by atoms with Crippen LogP contribution in [0.4, 0.5) is 0 Å². The SMILES string of the molecule is NC1=C[S+]([O-])C2C(=O)N=C(c3ccccc3)N12. The van der Waals surface area contributed by atoms with Gasteiger partial charge in [0.05, 0.1) is 0 Å². The fourth-order valence-electron chi connectivity index (χ4n) is 1.93. The van der Waals surface area contributed by atoms with Gasteiger partial charge in [0.1, 0.15) is 5.84 Å². The van der Waals surface area contributed by atoms with Crippen LogP contribution in [0.2, 0.25) is 0 Å². The van der Waals surface area contributed by atoms with E-state index in [2.05, 4.69) is 4.99 Å². The number of benzene rings is 1. The second-order valence-electron chi connectivity index (χ2n) is 3.73. The first-order chi connectivity index (χ1) is 8.18. The van der Waals surface area contributed by atoms with Gasteiger partial charge in [0.25, 0.3) is 5.37 Å². The van der Waals surface area contributed by atoms with Gasteiger partial charge in [0.2, 0.25) is 0 Å². The molecule has 5 nitrogen and oxygen atoms in total. The molecule has 2 aliphatic heterocycles. The minimum Gasteiger partial charge on any atom is -0.610 e. The highest BCUT2D eigenvalue weighted by Gasteiger charge is 2.49. The summed E-state index contributed by atoms with van der Waals surface area (Å²) in [6.45, 7) is 0. The van der Waals surface area contributed by atoms with Gasteiger partial charge in [0.15, 0.2) is 11.2 Å². The first kappa shape index (κ1) is 10.4. The van der Waals surface area contributed by atoms with Gasteiger partial charge in [-0.25, -0.2) is 0 Å². The van der Waals surface area contributed by atoms with Crippen LogP contribution in [0, 0.1) is 0 Å². The van der Waals surface area contributed by atoms with Gasteiger partial charge in [-0.15, -0.1) is 0 Å². The van der Waals surface area contributed by atoms with Crippen LogP contribution < -0.4 is 5.73 Å². The number of nitrogens with zero attached hydrogens (tertiary/aromatic N) is 2. The van der Waals surface area contributed by atoms with Crippen LogP contribution >= 0.6 is 0 Å². The molecular formula is C11H9N3O2S. The summed E-state index contributed by atoms with van der Waals surface area (Å²) in [4.78, 5) is 17.2. The molecule has 1 aromatic rings. The summed E-state index contributed by atoms with van der Waals surface area (Å²) in [6.07, 6.45) is 0. The summed E-state index contributed by atoms with van der Waals surface area (Å²) in [5.74, 6) is 0.390. The van der Waals surface area contributed by atoms with E-state index in [0.29, 0.717) is 11.7 Å². The quantitative estimate of drug-likeness (QED) is 0.715. The number of hydrogen-bond acceptors (Lipinski definition) is 4. The number of rotatable bonds is 1. The minimum atomic E-state index is -1.41. The number of nitrogens with two attached hydrogens (primary N) is 1. The molecule has 0 saturated heterocycles. The Bertz CT molecular complexity index is 541. The average Bonchev–Trinajstić information content (AvgIpc) is 2.81. The summed E-state index contributed by atoms with van der Waals surface area (Å²) in [5.41, 5.74) is 6.55. The highest BCUT2D eigenvalue weighted by molar-refractivity contribution is 7.95. The highest BCUT2D eigenvalue weighted by atomic mass is 32.2. The number of aliphatic imine (C=N–C) groups is 1. The van der Waals surface area contributed by atoms with Gasteiger partial charge in [-0.05, 0) is 0 Å². The molecule has 17 heavy (non-hydrogen) atoms. The highest BCUT2D eigenvalue weighted by Crippen LogP contribution is 2.30. The second-order valence-corrected chi connectivity index (χ2v) is 5.07. The number of hydrogen-bond donors (Lipinski definition) is 1. The molecule has 0 radical (unpaired) electrons. The molecule has 0 aromatic heterocycles. The van der Waals surface area contributed by atoms with E-state index in [1.807, 2.05) is 30.3 Å². The Morgan fingerprint density at radius 3 is 2.76 bits per heavy atom. The molecule has 2 unspecified atom stereocenters. The number of carbonyl (C=O) groups is 1. The molecule has 0 aliphatic carbocycles. The molecule has 6 heteroatoms. The number of amidine groups is 1. The van der Waals surface area contributed by atoms with E-state index >= 15 is 0 Å². The lowest BCUT2D eigenvalue weighted by Gasteiger charge is -2.18. The van der Waals surface area contributed by atoms with Crippen molar-refractivity contribution in [3.05, 3.63) is 47.1 Å². The lowest BCUT2D eigenvalue weighted by atomic mass is 10.2. The van der Waals surface area contributed by atoms with Crippen molar-refractivity contribution in [2.24, 2.45) is 10.7 Å². The van der Waals surface area contributed by atoms with Crippen molar-refractivity contribution in [1.82, 2.24) is 4.90 Å². The Morgan fingerprint density at radius 2 is 2.06 bits per heavy atom.